The summed E-state index contributed by atoms with van der Waals surface area (Å²) in [6.45, 7) is 1.76. The van der Waals surface area contributed by atoms with Crippen molar-refractivity contribution < 1.29 is 21.6 Å². The highest BCUT2D eigenvalue weighted by Gasteiger charge is 2.30. The van der Waals surface area contributed by atoms with Gasteiger partial charge in [-0.25, -0.2) is 8.42 Å². The number of pyridine rings is 1. The van der Waals surface area contributed by atoms with Crippen molar-refractivity contribution in [3.05, 3.63) is 53.9 Å². The van der Waals surface area contributed by atoms with E-state index in [1.165, 1.54) is 27.9 Å². The van der Waals surface area contributed by atoms with Crippen LogP contribution in [0.4, 0.5) is 18.2 Å². The number of halogens is 3. The highest BCUT2D eigenvalue weighted by molar-refractivity contribution is 7.93. The zero-order valence-corrected chi connectivity index (χ0v) is 19.3. The van der Waals surface area contributed by atoms with E-state index in [2.05, 4.69) is 15.2 Å². The van der Waals surface area contributed by atoms with E-state index >= 15 is 0 Å². The van der Waals surface area contributed by atoms with Crippen LogP contribution in [0.15, 0.2) is 57.7 Å². The Morgan fingerprint density at radius 3 is 2.55 bits per heavy atom. The zero-order chi connectivity index (χ0) is 23.6. The van der Waals surface area contributed by atoms with Gasteiger partial charge in [0, 0.05) is 36.5 Å². The minimum atomic E-state index is -4.27. The summed E-state index contributed by atoms with van der Waals surface area (Å²) in [5.74, 6) is 0. The van der Waals surface area contributed by atoms with Crippen molar-refractivity contribution in [3.63, 3.8) is 0 Å². The summed E-state index contributed by atoms with van der Waals surface area (Å²) in [5, 5.41) is 9.17. The molecule has 0 unspecified atom stereocenters. The maximum atomic E-state index is 13.6. The molecule has 3 heterocycles. The number of hydrogen-bond acceptors (Lipinski definition) is 6. The summed E-state index contributed by atoms with van der Waals surface area (Å²) >= 11 is 1.31. The van der Waals surface area contributed by atoms with Gasteiger partial charge in [0.25, 0.3) is 10.0 Å². The lowest BCUT2D eigenvalue weighted by Gasteiger charge is -2.24. The lowest BCUT2D eigenvalue weighted by molar-refractivity contribution is -0.135. The second-order valence-electron chi connectivity index (χ2n) is 7.61. The van der Waals surface area contributed by atoms with Crippen LogP contribution in [0.1, 0.15) is 36.9 Å². The average molecular weight is 495 g/mol. The van der Waals surface area contributed by atoms with Crippen LogP contribution in [-0.2, 0) is 10.0 Å². The summed E-state index contributed by atoms with van der Waals surface area (Å²) in [4.78, 5) is 4.21. The first kappa shape index (κ1) is 23.4. The van der Waals surface area contributed by atoms with E-state index in [1.54, 1.807) is 12.3 Å². The Balaban J connectivity index is 1.67. The van der Waals surface area contributed by atoms with E-state index in [4.69, 9.17) is 0 Å². The van der Waals surface area contributed by atoms with Crippen molar-refractivity contribution in [2.45, 2.75) is 43.7 Å². The Kier molecular flexibility index (Phi) is 6.53. The van der Waals surface area contributed by atoms with Crippen LogP contribution in [-0.4, -0.2) is 38.0 Å². The topological polar surface area (TPSA) is 75.0 Å². The zero-order valence-electron chi connectivity index (χ0n) is 17.7. The molecular weight excluding hydrogens is 473 g/mol. The van der Waals surface area contributed by atoms with Crippen LogP contribution in [0.2, 0.25) is 0 Å². The number of unbranched alkanes of at least 4 members (excludes halogenated alkanes) is 1. The fourth-order valence-electron chi connectivity index (χ4n) is 3.58. The molecule has 2 aromatic heterocycles. The number of aromatic nitrogens is 1. The molecule has 0 atom stereocenters. The van der Waals surface area contributed by atoms with E-state index in [1.807, 2.05) is 31.2 Å². The summed E-state index contributed by atoms with van der Waals surface area (Å²) in [7, 11) is -4.05. The molecule has 3 aromatic rings. The molecule has 1 aliphatic heterocycles. The SMILES string of the molecule is Cc1c(N(CCCCC(F)(F)F)S(=O)(=O)c2ccc(C3=NN=CC3)nc2)sc2ccccc12. The second-order valence-corrected chi connectivity index (χ2v) is 10.5. The first-order chi connectivity index (χ1) is 15.7. The number of anilines is 1. The van der Waals surface area contributed by atoms with Gasteiger partial charge in [-0.2, -0.15) is 23.4 Å². The Hall–Kier alpha value is -2.79. The number of alkyl halides is 3. The summed E-state index contributed by atoms with van der Waals surface area (Å²) in [6, 6.07) is 10.5. The Labute approximate surface area is 193 Å². The number of sulfonamides is 1. The highest BCUT2D eigenvalue weighted by atomic mass is 32.2. The number of rotatable bonds is 8. The first-order valence-electron chi connectivity index (χ1n) is 10.3. The van der Waals surface area contributed by atoms with Crippen molar-refractivity contribution in [2.24, 2.45) is 10.2 Å². The molecule has 6 nitrogen and oxygen atoms in total. The minimum Gasteiger partial charge on any atom is -0.257 e. The number of benzene rings is 1. The fraction of sp³-hybridized carbons (Fsp3) is 0.318. The molecule has 174 valence electrons. The van der Waals surface area contributed by atoms with Gasteiger partial charge >= 0.3 is 6.18 Å². The highest BCUT2D eigenvalue weighted by Crippen LogP contribution is 2.40. The molecule has 0 saturated carbocycles. The molecule has 0 radical (unpaired) electrons. The predicted molar refractivity (Wildman–Crippen MR) is 125 cm³/mol. The maximum absolute atomic E-state index is 13.6. The summed E-state index contributed by atoms with van der Waals surface area (Å²) in [6.07, 6.45) is -1.89. The molecule has 11 heteroatoms. The number of hydrogen-bond donors (Lipinski definition) is 0. The van der Waals surface area contributed by atoms with E-state index in [0.29, 0.717) is 22.8 Å². The van der Waals surface area contributed by atoms with Crippen LogP contribution >= 0.6 is 11.3 Å². The average Bonchev–Trinajstić information content (AvgIpc) is 3.42. The molecule has 0 aliphatic carbocycles. The molecule has 4 rings (SSSR count). The molecular formula is C22H21F3N4O2S2. The van der Waals surface area contributed by atoms with Crippen molar-refractivity contribution in [3.8, 4) is 0 Å². The van der Waals surface area contributed by atoms with Crippen LogP contribution in [0, 0.1) is 6.92 Å². The third-order valence-electron chi connectivity index (χ3n) is 5.28. The van der Waals surface area contributed by atoms with Gasteiger partial charge in [0.2, 0.25) is 0 Å². The van der Waals surface area contributed by atoms with E-state index in [9.17, 15) is 21.6 Å². The Bertz CT molecular complexity index is 1310. The van der Waals surface area contributed by atoms with Gasteiger partial charge in [0.1, 0.15) is 9.90 Å². The van der Waals surface area contributed by atoms with Crippen LogP contribution < -0.4 is 4.31 Å². The number of nitrogens with zero attached hydrogens (tertiary/aromatic N) is 4. The van der Waals surface area contributed by atoms with Gasteiger partial charge in [0.05, 0.1) is 11.4 Å². The third kappa shape index (κ3) is 5.09. The van der Waals surface area contributed by atoms with Gasteiger partial charge in [0.15, 0.2) is 0 Å². The molecule has 1 aliphatic rings. The lowest BCUT2D eigenvalue weighted by Crippen LogP contribution is -2.32. The van der Waals surface area contributed by atoms with Gasteiger partial charge in [-0.1, -0.05) is 18.2 Å². The third-order valence-corrected chi connectivity index (χ3v) is 8.48. The largest absolute Gasteiger partial charge is 0.389 e. The van der Waals surface area contributed by atoms with Gasteiger partial charge < -0.3 is 0 Å². The van der Waals surface area contributed by atoms with Crippen molar-refractivity contribution >= 4 is 48.4 Å². The second kappa shape index (κ2) is 9.22. The Morgan fingerprint density at radius 1 is 1.12 bits per heavy atom. The van der Waals surface area contributed by atoms with Crippen LogP contribution in [0.3, 0.4) is 0 Å². The lowest BCUT2D eigenvalue weighted by atomic mass is 10.2. The summed E-state index contributed by atoms with van der Waals surface area (Å²) in [5.41, 5.74) is 1.95. The van der Waals surface area contributed by atoms with Crippen molar-refractivity contribution in [1.82, 2.24) is 4.98 Å². The number of thiophene rings is 1. The summed E-state index contributed by atoms with van der Waals surface area (Å²) < 4.78 is 67.2. The number of aryl methyl sites for hydroxylation is 1. The molecule has 0 bridgehead atoms. The molecule has 0 spiro atoms. The molecule has 0 fully saturated rings. The van der Waals surface area contributed by atoms with Crippen molar-refractivity contribution in [1.29, 1.82) is 0 Å². The quantitative estimate of drug-likeness (QED) is 0.377. The molecule has 0 saturated heterocycles. The smallest absolute Gasteiger partial charge is 0.257 e. The van der Waals surface area contributed by atoms with Gasteiger partial charge in [-0.05, 0) is 48.9 Å². The molecule has 1 aromatic carbocycles. The molecule has 0 amide bonds. The number of fused-ring (bicyclic) bond motifs is 1. The first-order valence-corrected chi connectivity index (χ1v) is 12.5. The monoisotopic (exact) mass is 494 g/mol. The normalized spacial score (nSPS) is 14.1. The molecule has 0 N–H and O–H groups in total. The Morgan fingerprint density at radius 2 is 1.91 bits per heavy atom. The van der Waals surface area contributed by atoms with Crippen molar-refractivity contribution in [2.75, 3.05) is 10.8 Å². The van der Waals surface area contributed by atoms with Gasteiger partial charge in [-0.3, -0.25) is 9.29 Å². The van der Waals surface area contributed by atoms with Crippen LogP contribution in [0.5, 0.6) is 0 Å². The van der Waals surface area contributed by atoms with E-state index in [0.717, 1.165) is 15.6 Å². The molecule has 33 heavy (non-hydrogen) atoms. The maximum Gasteiger partial charge on any atom is 0.389 e. The van der Waals surface area contributed by atoms with E-state index in [-0.39, 0.29) is 24.3 Å². The predicted octanol–water partition coefficient (Wildman–Crippen LogP) is 5.71. The van der Waals surface area contributed by atoms with Gasteiger partial charge in [-0.15, -0.1) is 11.3 Å². The van der Waals surface area contributed by atoms with Crippen LogP contribution in [0.25, 0.3) is 10.1 Å². The van der Waals surface area contributed by atoms with E-state index < -0.39 is 22.6 Å². The minimum absolute atomic E-state index is 0.0292. The fourth-order valence-corrected chi connectivity index (χ4v) is 6.53. The standard InChI is InChI=1S/C22H21F3N4O2S2/c1-15-17-6-2-3-7-20(17)32-21(15)29(13-5-4-11-22(23,24)25)33(30,31)16-8-9-18(26-14-16)19-10-12-27-28-19/h2-3,6-9,12,14H,4-5,10-11,13H2,1H3.